The lowest BCUT2D eigenvalue weighted by Gasteiger charge is -2.27. The topological polar surface area (TPSA) is 142 Å². The number of hydrogen-bond acceptors (Lipinski definition) is 8. The zero-order valence-corrected chi connectivity index (χ0v) is 14.6. The van der Waals surface area contributed by atoms with Gasteiger partial charge in [-0.15, -0.1) is 0 Å². The summed E-state index contributed by atoms with van der Waals surface area (Å²) in [5, 5.41) is 21.2. The largest absolute Gasteiger partial charge is 0.451 e. The number of nitrogens with one attached hydrogen (secondary N) is 1. The minimum atomic E-state index is -1.31. The molecule has 0 bridgehead atoms. The Kier molecular flexibility index (Phi) is 4.70. The minimum Gasteiger partial charge on any atom is -0.427 e. The van der Waals surface area contributed by atoms with Crippen LogP contribution in [0.15, 0.2) is 9.59 Å². The van der Waals surface area contributed by atoms with Crippen molar-refractivity contribution < 1.29 is 10.0 Å². The molecule has 1 aromatic rings. The van der Waals surface area contributed by atoms with Crippen LogP contribution in [0, 0.1) is 5.92 Å². The number of anilines is 2. The van der Waals surface area contributed by atoms with Gasteiger partial charge in [-0.2, -0.15) is 0 Å². The first-order valence-corrected chi connectivity index (χ1v) is 8.91. The summed E-state index contributed by atoms with van der Waals surface area (Å²) in [6.45, 7) is 3.46. The highest BCUT2D eigenvalue weighted by atomic mass is 16.4. The number of rotatable bonds is 8. The summed E-state index contributed by atoms with van der Waals surface area (Å²) in [6, 6.07) is 0. The van der Waals surface area contributed by atoms with Crippen molar-refractivity contribution in [1.82, 2.24) is 0 Å². The lowest BCUT2D eigenvalue weighted by Crippen LogP contribution is -2.47. The third-order valence-electron chi connectivity index (χ3n) is 5.76. The monoisotopic (exact) mass is 350 g/mol. The van der Waals surface area contributed by atoms with E-state index in [4.69, 9.17) is 21.5 Å². The third kappa shape index (κ3) is 3.46. The Labute approximate surface area is 147 Å². The van der Waals surface area contributed by atoms with E-state index in [1.54, 1.807) is 0 Å². The Balaban J connectivity index is 1.72. The van der Waals surface area contributed by atoms with E-state index >= 15 is 0 Å². The van der Waals surface area contributed by atoms with E-state index in [1.165, 1.54) is 0 Å². The Morgan fingerprint density at radius 2 is 2.00 bits per heavy atom. The van der Waals surface area contributed by atoms with E-state index in [-0.39, 0.29) is 11.5 Å². The average Bonchev–Trinajstić information content (AvgIpc) is 3.26. The fraction of sp³-hybridized carbons (Fsp3) is 0.750. The molecule has 25 heavy (non-hydrogen) atoms. The second kappa shape index (κ2) is 6.39. The van der Waals surface area contributed by atoms with E-state index in [9.17, 15) is 9.59 Å². The molecular weight excluding hydrogens is 323 g/mol. The molecule has 0 radical (unpaired) electrons. The average molecular weight is 350 g/mol. The molecule has 0 aromatic heterocycles. The van der Waals surface area contributed by atoms with Crippen molar-refractivity contribution in [2.45, 2.75) is 50.0 Å². The molecule has 3 rings (SSSR count). The van der Waals surface area contributed by atoms with Crippen LogP contribution in [-0.4, -0.2) is 47.9 Å². The molecule has 1 aliphatic heterocycles. The van der Waals surface area contributed by atoms with Gasteiger partial charge in [-0.05, 0) is 38.4 Å². The second-order valence-corrected chi connectivity index (χ2v) is 7.99. The van der Waals surface area contributed by atoms with Gasteiger partial charge in [0, 0.05) is 30.7 Å². The highest BCUT2D eigenvalue weighted by molar-refractivity contribution is 6.40. The number of nitrogens with two attached hydrogens (primary N) is 2. The normalized spacial score (nSPS) is 27.7. The van der Waals surface area contributed by atoms with E-state index < -0.39 is 23.5 Å². The molecule has 2 fully saturated rings. The van der Waals surface area contributed by atoms with Crippen molar-refractivity contribution in [3.63, 3.8) is 0 Å². The molecule has 0 spiro atoms. The first-order valence-electron chi connectivity index (χ1n) is 8.91. The van der Waals surface area contributed by atoms with Gasteiger partial charge in [0.1, 0.15) is 11.4 Å². The van der Waals surface area contributed by atoms with Crippen molar-refractivity contribution in [3.8, 4) is 0 Å². The third-order valence-corrected chi connectivity index (χ3v) is 5.76. The Hall–Kier alpha value is -1.42. The summed E-state index contributed by atoms with van der Waals surface area (Å²) in [4.78, 5) is 26.1. The summed E-state index contributed by atoms with van der Waals surface area (Å²) < 4.78 is 0. The van der Waals surface area contributed by atoms with Gasteiger partial charge in [-0.3, -0.25) is 9.59 Å². The highest BCUT2D eigenvalue weighted by Crippen LogP contribution is 2.40. The molecule has 1 saturated heterocycles. The molecule has 8 nitrogen and oxygen atoms in total. The van der Waals surface area contributed by atoms with Crippen LogP contribution in [0.4, 0.5) is 11.4 Å². The number of hydrogen-bond donors (Lipinski definition) is 5. The first-order chi connectivity index (χ1) is 11.7. The quantitative estimate of drug-likeness (QED) is 0.284. The molecule has 2 aliphatic rings. The van der Waals surface area contributed by atoms with Gasteiger partial charge in [0.15, 0.2) is 0 Å². The first kappa shape index (κ1) is 18.4. The molecule has 1 aliphatic carbocycles. The Morgan fingerprint density at radius 1 is 1.32 bits per heavy atom. The summed E-state index contributed by atoms with van der Waals surface area (Å²) in [5.41, 5.74) is 11.3. The van der Waals surface area contributed by atoms with Crippen LogP contribution in [-0.2, 0) is 0 Å². The van der Waals surface area contributed by atoms with Crippen LogP contribution < -0.4 is 32.5 Å². The van der Waals surface area contributed by atoms with E-state index in [0.29, 0.717) is 43.8 Å². The summed E-state index contributed by atoms with van der Waals surface area (Å²) >= 11 is 0. The van der Waals surface area contributed by atoms with Crippen molar-refractivity contribution in [1.29, 1.82) is 0 Å². The number of nitrogens with zero attached hydrogens (tertiary/aromatic N) is 1. The molecule has 1 heterocycles. The van der Waals surface area contributed by atoms with Crippen molar-refractivity contribution >= 4 is 18.5 Å². The van der Waals surface area contributed by atoms with Crippen LogP contribution in [0.1, 0.15) is 32.6 Å². The van der Waals surface area contributed by atoms with Crippen molar-refractivity contribution in [2.75, 3.05) is 29.9 Å². The second-order valence-electron chi connectivity index (χ2n) is 7.99. The SMILES string of the molecule is C[C@]1(N)CN(c2c(NC3(CN)CC3)c(=O)c2=O)C[C@@H]1CCCB(O)O. The van der Waals surface area contributed by atoms with Crippen LogP contribution in [0.2, 0.25) is 6.32 Å². The van der Waals surface area contributed by atoms with Gasteiger partial charge in [-0.1, -0.05) is 6.42 Å². The Bertz CT molecular complexity index is 709. The maximum absolute atomic E-state index is 12.1. The predicted molar refractivity (Wildman–Crippen MR) is 98.5 cm³/mol. The zero-order chi connectivity index (χ0) is 18.4. The molecule has 7 N–H and O–H groups in total. The molecule has 1 aromatic carbocycles. The van der Waals surface area contributed by atoms with E-state index in [2.05, 4.69) is 5.32 Å². The van der Waals surface area contributed by atoms with Crippen molar-refractivity contribution in [3.05, 3.63) is 20.4 Å². The standard InChI is InChI=1S/C16H27BN4O4/c1-15(19)9-21(7-10(15)3-2-6-17(24)25)12-11(13(22)14(12)23)20-16(8-18)4-5-16/h10,20,24-25H,2-9,18-19H2,1H3/t10-,15-/m0/s1. The molecule has 138 valence electrons. The minimum absolute atomic E-state index is 0.118. The molecule has 0 unspecified atom stereocenters. The smallest absolute Gasteiger partial charge is 0.427 e. The predicted octanol–water partition coefficient (Wildman–Crippen LogP) is -1.41. The van der Waals surface area contributed by atoms with Crippen LogP contribution in [0.5, 0.6) is 0 Å². The molecule has 2 atom stereocenters. The van der Waals surface area contributed by atoms with Gasteiger partial charge in [0.25, 0.3) is 10.9 Å². The van der Waals surface area contributed by atoms with Gasteiger partial charge < -0.3 is 31.7 Å². The lowest BCUT2D eigenvalue weighted by atomic mass is 9.79. The highest BCUT2D eigenvalue weighted by Gasteiger charge is 2.46. The molecular formula is C16H27BN4O4. The molecule has 1 saturated carbocycles. The zero-order valence-electron chi connectivity index (χ0n) is 14.6. The van der Waals surface area contributed by atoms with Crippen LogP contribution in [0.3, 0.4) is 0 Å². The van der Waals surface area contributed by atoms with Crippen molar-refractivity contribution in [2.24, 2.45) is 17.4 Å². The summed E-state index contributed by atoms with van der Waals surface area (Å²) in [6.07, 6.45) is 3.51. The van der Waals surface area contributed by atoms with Crippen LogP contribution in [0.25, 0.3) is 0 Å². The molecule has 0 amide bonds. The van der Waals surface area contributed by atoms with E-state index in [1.807, 2.05) is 11.8 Å². The lowest BCUT2D eigenvalue weighted by molar-refractivity contribution is 0.343. The maximum atomic E-state index is 12.1. The van der Waals surface area contributed by atoms with Crippen LogP contribution >= 0.6 is 0 Å². The fourth-order valence-corrected chi connectivity index (χ4v) is 3.81. The van der Waals surface area contributed by atoms with Gasteiger partial charge >= 0.3 is 7.12 Å². The van der Waals surface area contributed by atoms with Gasteiger partial charge in [0.2, 0.25) is 0 Å². The van der Waals surface area contributed by atoms with Gasteiger partial charge in [0.05, 0.1) is 0 Å². The fourth-order valence-electron chi connectivity index (χ4n) is 3.81. The maximum Gasteiger partial charge on any atom is 0.451 e. The van der Waals surface area contributed by atoms with E-state index in [0.717, 1.165) is 19.3 Å². The summed E-state index contributed by atoms with van der Waals surface area (Å²) in [7, 11) is -1.31. The molecule has 9 heteroatoms. The summed E-state index contributed by atoms with van der Waals surface area (Å²) in [5.74, 6) is 0.118. The Morgan fingerprint density at radius 3 is 2.56 bits per heavy atom. The van der Waals surface area contributed by atoms with Gasteiger partial charge in [-0.25, -0.2) is 0 Å².